The van der Waals surface area contributed by atoms with Gasteiger partial charge in [0.05, 0.1) is 4.92 Å². The summed E-state index contributed by atoms with van der Waals surface area (Å²) in [6, 6.07) is 1.44. The van der Waals surface area contributed by atoms with E-state index < -0.39 is 33.7 Å². The van der Waals surface area contributed by atoms with Gasteiger partial charge in [-0.3, -0.25) is 14.9 Å². The van der Waals surface area contributed by atoms with Gasteiger partial charge in [-0.05, 0) is 13.0 Å². The van der Waals surface area contributed by atoms with Crippen molar-refractivity contribution in [3.63, 3.8) is 0 Å². The fourth-order valence-corrected chi connectivity index (χ4v) is 2.15. The predicted octanol–water partition coefficient (Wildman–Crippen LogP) is 1.31. The van der Waals surface area contributed by atoms with E-state index in [0.717, 1.165) is 6.07 Å². The topological polar surface area (TPSA) is 75.5 Å². The molecule has 0 unspecified atom stereocenters. The Kier molecular flexibility index (Phi) is 3.93. The summed E-state index contributed by atoms with van der Waals surface area (Å²) in [5.41, 5.74) is -1.77. The first kappa shape index (κ1) is 14.3. The van der Waals surface area contributed by atoms with Crippen LogP contribution in [0.3, 0.4) is 0 Å². The zero-order valence-electron chi connectivity index (χ0n) is 10.7. The molecule has 1 amide bonds. The number of rotatable bonds is 2. The molecule has 0 radical (unpaired) electrons. The highest BCUT2D eigenvalue weighted by molar-refractivity contribution is 5.95. The second kappa shape index (κ2) is 5.49. The molecule has 0 aromatic heterocycles. The Morgan fingerprint density at radius 3 is 2.80 bits per heavy atom. The van der Waals surface area contributed by atoms with Gasteiger partial charge < -0.3 is 10.2 Å². The summed E-state index contributed by atoms with van der Waals surface area (Å²) in [5, 5.41) is 13.7. The molecule has 1 N–H and O–H groups in total. The van der Waals surface area contributed by atoms with Crippen LogP contribution in [-0.2, 0) is 0 Å². The number of amides is 1. The Morgan fingerprint density at radius 2 is 2.20 bits per heavy atom. The van der Waals surface area contributed by atoms with E-state index in [9.17, 15) is 23.7 Å². The molecule has 108 valence electrons. The van der Waals surface area contributed by atoms with E-state index in [1.54, 1.807) is 0 Å². The number of benzene rings is 1. The molecule has 1 saturated heterocycles. The number of hydrogen-bond acceptors (Lipinski definition) is 4. The molecular formula is C12H13F2N3O3. The molecule has 1 aliphatic heterocycles. The van der Waals surface area contributed by atoms with Gasteiger partial charge in [-0.15, -0.1) is 0 Å². The number of nitro benzene ring substituents is 1. The number of nitro groups is 1. The predicted molar refractivity (Wildman–Crippen MR) is 66.4 cm³/mol. The van der Waals surface area contributed by atoms with Crippen LogP contribution in [0.4, 0.5) is 14.5 Å². The van der Waals surface area contributed by atoms with Crippen molar-refractivity contribution in [1.29, 1.82) is 0 Å². The van der Waals surface area contributed by atoms with Gasteiger partial charge in [-0.1, -0.05) is 0 Å². The van der Waals surface area contributed by atoms with Crippen molar-refractivity contribution >= 4 is 11.6 Å². The summed E-state index contributed by atoms with van der Waals surface area (Å²) in [6.07, 6.45) is 0. The maximum absolute atomic E-state index is 13.9. The zero-order chi connectivity index (χ0) is 14.9. The average Bonchev–Trinajstić information content (AvgIpc) is 2.38. The van der Waals surface area contributed by atoms with Gasteiger partial charge in [0.15, 0.2) is 0 Å². The van der Waals surface area contributed by atoms with Crippen molar-refractivity contribution in [3.8, 4) is 0 Å². The Morgan fingerprint density at radius 1 is 1.50 bits per heavy atom. The molecule has 0 aliphatic carbocycles. The summed E-state index contributed by atoms with van der Waals surface area (Å²) in [7, 11) is 0. The van der Waals surface area contributed by atoms with Crippen LogP contribution < -0.4 is 5.32 Å². The molecule has 1 atom stereocenters. The first-order valence-electron chi connectivity index (χ1n) is 6.07. The third-order valence-corrected chi connectivity index (χ3v) is 3.14. The minimum Gasteiger partial charge on any atom is -0.336 e. The molecule has 20 heavy (non-hydrogen) atoms. The Balaban J connectivity index is 2.38. The SMILES string of the molecule is C[C@@H]1CN(C(=O)c2c(F)ccc([N+](=O)[O-])c2F)CCN1. The maximum atomic E-state index is 13.9. The third-order valence-electron chi connectivity index (χ3n) is 3.14. The molecule has 6 nitrogen and oxygen atoms in total. The third kappa shape index (κ3) is 2.60. The summed E-state index contributed by atoms with van der Waals surface area (Å²) in [4.78, 5) is 23.1. The lowest BCUT2D eigenvalue weighted by Crippen LogP contribution is -2.51. The van der Waals surface area contributed by atoms with Crippen LogP contribution >= 0.6 is 0 Å². The lowest BCUT2D eigenvalue weighted by atomic mass is 10.1. The second-order valence-corrected chi connectivity index (χ2v) is 4.62. The smallest absolute Gasteiger partial charge is 0.305 e. The minimum atomic E-state index is -1.42. The zero-order valence-corrected chi connectivity index (χ0v) is 10.7. The molecule has 1 fully saturated rings. The molecular weight excluding hydrogens is 272 g/mol. The van der Waals surface area contributed by atoms with Gasteiger partial charge in [0.2, 0.25) is 5.82 Å². The number of piperazine rings is 1. The van der Waals surface area contributed by atoms with E-state index in [2.05, 4.69) is 5.32 Å². The van der Waals surface area contributed by atoms with Crippen LogP contribution in [0.5, 0.6) is 0 Å². The molecule has 1 aromatic rings. The highest BCUT2D eigenvalue weighted by atomic mass is 19.1. The van der Waals surface area contributed by atoms with Crippen LogP contribution in [0.1, 0.15) is 17.3 Å². The van der Waals surface area contributed by atoms with E-state index >= 15 is 0 Å². The fourth-order valence-electron chi connectivity index (χ4n) is 2.15. The average molecular weight is 285 g/mol. The number of halogens is 2. The highest BCUT2D eigenvalue weighted by Crippen LogP contribution is 2.24. The first-order chi connectivity index (χ1) is 9.41. The Hall–Kier alpha value is -2.09. The van der Waals surface area contributed by atoms with Gasteiger partial charge in [0.25, 0.3) is 5.91 Å². The van der Waals surface area contributed by atoms with Crippen LogP contribution in [0, 0.1) is 21.7 Å². The van der Waals surface area contributed by atoms with Crippen LogP contribution in [-0.4, -0.2) is 41.4 Å². The summed E-state index contributed by atoms with van der Waals surface area (Å²) >= 11 is 0. The van der Waals surface area contributed by atoms with E-state index in [0.29, 0.717) is 25.7 Å². The second-order valence-electron chi connectivity index (χ2n) is 4.62. The summed E-state index contributed by atoms with van der Waals surface area (Å²) in [5.74, 6) is -3.38. The Bertz CT molecular complexity index is 565. The monoisotopic (exact) mass is 285 g/mol. The van der Waals surface area contributed by atoms with Crippen LogP contribution in [0.2, 0.25) is 0 Å². The Labute approximate surface area is 113 Å². The van der Waals surface area contributed by atoms with Gasteiger partial charge >= 0.3 is 5.69 Å². The number of carbonyl (C=O) groups is 1. The number of nitrogens with one attached hydrogen (secondary N) is 1. The van der Waals surface area contributed by atoms with E-state index in [1.165, 1.54) is 4.90 Å². The minimum absolute atomic E-state index is 0.00230. The first-order valence-corrected chi connectivity index (χ1v) is 6.07. The molecule has 0 saturated carbocycles. The van der Waals surface area contributed by atoms with Crippen molar-refractivity contribution in [2.45, 2.75) is 13.0 Å². The molecule has 1 aliphatic rings. The highest BCUT2D eigenvalue weighted by Gasteiger charge is 2.30. The fraction of sp³-hybridized carbons (Fsp3) is 0.417. The van der Waals surface area contributed by atoms with Crippen LogP contribution in [0.25, 0.3) is 0 Å². The lowest BCUT2D eigenvalue weighted by molar-refractivity contribution is -0.387. The van der Waals surface area contributed by atoms with Crippen molar-refractivity contribution in [1.82, 2.24) is 10.2 Å². The maximum Gasteiger partial charge on any atom is 0.305 e. The lowest BCUT2D eigenvalue weighted by Gasteiger charge is -2.32. The van der Waals surface area contributed by atoms with Crippen molar-refractivity contribution in [3.05, 3.63) is 39.4 Å². The van der Waals surface area contributed by atoms with Crippen molar-refractivity contribution in [2.24, 2.45) is 0 Å². The normalized spacial score (nSPS) is 18.9. The molecule has 2 rings (SSSR count). The van der Waals surface area contributed by atoms with Gasteiger partial charge in [0.1, 0.15) is 11.4 Å². The van der Waals surface area contributed by atoms with E-state index in [-0.39, 0.29) is 6.04 Å². The largest absolute Gasteiger partial charge is 0.336 e. The molecule has 1 heterocycles. The molecule has 0 spiro atoms. The van der Waals surface area contributed by atoms with Crippen molar-refractivity contribution < 1.29 is 18.5 Å². The standard InChI is InChI=1S/C12H13F2N3O3/c1-7-6-16(5-4-15-7)12(18)10-8(13)2-3-9(11(10)14)17(19)20/h2-3,7,15H,4-6H2,1H3/t7-/m1/s1. The quantitative estimate of drug-likeness (QED) is 0.656. The molecule has 1 aromatic carbocycles. The van der Waals surface area contributed by atoms with E-state index in [4.69, 9.17) is 0 Å². The van der Waals surface area contributed by atoms with Crippen molar-refractivity contribution in [2.75, 3.05) is 19.6 Å². The summed E-state index contributed by atoms with van der Waals surface area (Å²) < 4.78 is 27.6. The number of nitrogens with zero attached hydrogens (tertiary/aromatic N) is 2. The van der Waals surface area contributed by atoms with E-state index in [1.807, 2.05) is 6.92 Å². The van der Waals surface area contributed by atoms with Crippen LogP contribution in [0.15, 0.2) is 12.1 Å². The van der Waals surface area contributed by atoms with Gasteiger partial charge in [0, 0.05) is 31.7 Å². The molecule has 8 heteroatoms. The number of hydrogen-bond donors (Lipinski definition) is 1. The van der Waals surface area contributed by atoms with Gasteiger partial charge in [-0.25, -0.2) is 4.39 Å². The molecule has 0 bridgehead atoms. The summed E-state index contributed by atoms with van der Waals surface area (Å²) in [6.45, 7) is 2.93. The van der Waals surface area contributed by atoms with Gasteiger partial charge in [-0.2, -0.15) is 4.39 Å². The number of carbonyl (C=O) groups excluding carboxylic acids is 1.